The van der Waals surface area contributed by atoms with Crippen LogP contribution in [0.25, 0.3) is 6.08 Å². The molecule has 0 N–H and O–H groups in total. The molecule has 0 radical (unpaired) electrons. The van der Waals surface area contributed by atoms with E-state index in [9.17, 15) is 13.2 Å². The van der Waals surface area contributed by atoms with E-state index in [1.807, 2.05) is 35.2 Å². The molecule has 35 heavy (non-hydrogen) atoms. The Morgan fingerprint density at radius 3 is 2.34 bits per heavy atom. The molecule has 2 heterocycles. The molecule has 2 fully saturated rings. The summed E-state index contributed by atoms with van der Waals surface area (Å²) in [4.78, 5) is 17.9. The Bertz CT molecular complexity index is 1160. The van der Waals surface area contributed by atoms with Crippen molar-refractivity contribution in [2.24, 2.45) is 5.92 Å². The third kappa shape index (κ3) is 5.52. The average Bonchev–Trinajstić information content (AvgIpc) is 3.38. The summed E-state index contributed by atoms with van der Waals surface area (Å²) in [7, 11) is -3.50. The first-order valence-corrected chi connectivity index (χ1v) is 14.3. The first-order chi connectivity index (χ1) is 17.0. The normalized spacial score (nSPS) is 20.4. The Balaban J connectivity index is 1.09. The molecule has 2 aromatic carbocycles. The lowest BCUT2D eigenvalue weighted by molar-refractivity contribution is -0.138. The molecule has 0 saturated carbocycles. The van der Waals surface area contributed by atoms with Crippen molar-refractivity contribution < 1.29 is 13.2 Å². The van der Waals surface area contributed by atoms with Crippen LogP contribution in [-0.4, -0.2) is 74.2 Å². The number of piperidine rings is 1. The molecule has 5 rings (SSSR count). The molecule has 0 atom stereocenters. The Labute approximate surface area is 209 Å². The van der Waals surface area contributed by atoms with Crippen LogP contribution in [0.15, 0.2) is 59.5 Å². The topological polar surface area (TPSA) is 60.9 Å². The van der Waals surface area contributed by atoms with Crippen LogP contribution in [0, 0.1) is 5.92 Å². The van der Waals surface area contributed by atoms with E-state index in [1.165, 1.54) is 16.7 Å². The second-order valence-electron chi connectivity index (χ2n) is 9.90. The highest BCUT2D eigenvalue weighted by atomic mass is 32.2. The molecule has 3 aliphatic rings. The van der Waals surface area contributed by atoms with Crippen LogP contribution in [0.5, 0.6) is 0 Å². The molecule has 0 unspecified atom stereocenters. The minimum atomic E-state index is -3.50. The molecule has 0 aromatic heterocycles. The number of hydrogen-bond donors (Lipinski definition) is 0. The lowest BCUT2D eigenvalue weighted by Gasteiger charge is -2.38. The number of sulfonamides is 1. The van der Waals surface area contributed by atoms with Crippen molar-refractivity contribution >= 4 is 22.0 Å². The minimum Gasteiger partial charge on any atom is -0.340 e. The fourth-order valence-electron chi connectivity index (χ4n) is 5.51. The van der Waals surface area contributed by atoms with Crippen molar-refractivity contribution in [1.82, 2.24) is 14.1 Å². The van der Waals surface area contributed by atoms with Crippen LogP contribution in [0.3, 0.4) is 0 Å². The summed E-state index contributed by atoms with van der Waals surface area (Å²) in [6, 6.07) is 15.9. The summed E-state index contributed by atoms with van der Waals surface area (Å²) in [5.41, 5.74) is 3.65. The molecule has 7 heteroatoms. The first kappa shape index (κ1) is 24.2. The quantitative estimate of drug-likeness (QED) is 0.619. The lowest BCUT2D eigenvalue weighted by atomic mass is 9.96. The predicted molar refractivity (Wildman–Crippen MR) is 138 cm³/mol. The molecule has 2 aromatic rings. The second kappa shape index (κ2) is 10.6. The number of aryl methyl sites for hydroxylation is 2. The van der Waals surface area contributed by atoms with E-state index in [-0.39, 0.29) is 11.8 Å². The summed E-state index contributed by atoms with van der Waals surface area (Å²) in [6.45, 7) is 4.94. The van der Waals surface area contributed by atoms with E-state index in [4.69, 9.17) is 0 Å². The Kier molecular flexibility index (Phi) is 7.37. The third-order valence-corrected chi connectivity index (χ3v) is 9.56. The Hall–Kier alpha value is -2.48. The van der Waals surface area contributed by atoms with Gasteiger partial charge in [0, 0.05) is 51.7 Å². The monoisotopic (exact) mass is 493 g/mol. The van der Waals surface area contributed by atoms with E-state index < -0.39 is 10.0 Å². The van der Waals surface area contributed by atoms with Gasteiger partial charge in [0.15, 0.2) is 0 Å². The molecule has 186 valence electrons. The number of nitrogens with zero attached hydrogens (tertiary/aromatic N) is 3. The maximum Gasteiger partial charge on any atom is 0.243 e. The fraction of sp³-hybridized carbons (Fsp3) is 0.464. The summed E-state index contributed by atoms with van der Waals surface area (Å²) >= 11 is 0. The van der Waals surface area contributed by atoms with Crippen molar-refractivity contribution in [2.45, 2.75) is 37.0 Å². The molecular weight excluding hydrogens is 458 g/mol. The van der Waals surface area contributed by atoms with Crippen LogP contribution >= 0.6 is 0 Å². The summed E-state index contributed by atoms with van der Waals surface area (Å²) < 4.78 is 28.0. The third-order valence-electron chi connectivity index (χ3n) is 7.67. The van der Waals surface area contributed by atoms with E-state index in [1.54, 1.807) is 10.4 Å². The van der Waals surface area contributed by atoms with Gasteiger partial charge in [-0.2, -0.15) is 4.31 Å². The number of piperazine rings is 1. The number of benzene rings is 2. The van der Waals surface area contributed by atoms with Crippen LogP contribution in [0.1, 0.15) is 36.0 Å². The zero-order chi connectivity index (χ0) is 24.3. The zero-order valence-corrected chi connectivity index (χ0v) is 21.1. The van der Waals surface area contributed by atoms with Crippen molar-refractivity contribution in [3.05, 3.63) is 71.3 Å². The highest BCUT2D eigenvalue weighted by molar-refractivity contribution is 7.89. The van der Waals surface area contributed by atoms with Gasteiger partial charge < -0.3 is 4.90 Å². The Morgan fingerprint density at radius 2 is 1.60 bits per heavy atom. The molecule has 0 spiro atoms. The maximum absolute atomic E-state index is 13.2. The van der Waals surface area contributed by atoms with E-state index in [0.717, 1.165) is 52.0 Å². The lowest BCUT2D eigenvalue weighted by Crippen LogP contribution is -2.51. The molecule has 2 aliphatic heterocycles. The highest BCUT2D eigenvalue weighted by Crippen LogP contribution is 2.29. The smallest absolute Gasteiger partial charge is 0.243 e. The minimum absolute atomic E-state index is 0.0778. The van der Waals surface area contributed by atoms with Crippen molar-refractivity contribution in [3.63, 3.8) is 0 Å². The fourth-order valence-corrected chi connectivity index (χ4v) is 7.03. The van der Waals surface area contributed by atoms with Gasteiger partial charge in [0.2, 0.25) is 15.9 Å². The van der Waals surface area contributed by atoms with Crippen molar-refractivity contribution in [1.29, 1.82) is 0 Å². The Morgan fingerprint density at radius 1 is 0.886 bits per heavy atom. The number of hydrogen-bond acceptors (Lipinski definition) is 4. The number of amides is 1. The van der Waals surface area contributed by atoms with Crippen LogP contribution in [-0.2, 0) is 27.7 Å². The molecule has 1 amide bonds. The second-order valence-corrected chi connectivity index (χ2v) is 11.8. The number of carbonyl (C=O) groups excluding carboxylic acids is 1. The van der Waals surface area contributed by atoms with Crippen LogP contribution < -0.4 is 0 Å². The van der Waals surface area contributed by atoms with Gasteiger partial charge in [0.1, 0.15) is 0 Å². The zero-order valence-electron chi connectivity index (χ0n) is 20.3. The van der Waals surface area contributed by atoms with Gasteiger partial charge in [-0.05, 0) is 60.9 Å². The van der Waals surface area contributed by atoms with E-state index >= 15 is 0 Å². The number of carbonyl (C=O) groups is 1. The van der Waals surface area contributed by atoms with Crippen molar-refractivity contribution in [2.75, 3.05) is 45.8 Å². The largest absolute Gasteiger partial charge is 0.340 e. The molecule has 1 aliphatic carbocycles. The molecular formula is C28H35N3O3S. The van der Waals surface area contributed by atoms with Gasteiger partial charge in [-0.1, -0.05) is 48.6 Å². The summed E-state index contributed by atoms with van der Waals surface area (Å²) in [5.74, 6) is 0.116. The molecule has 0 bridgehead atoms. The first-order valence-electron chi connectivity index (χ1n) is 12.9. The highest BCUT2D eigenvalue weighted by Gasteiger charge is 2.35. The van der Waals surface area contributed by atoms with Gasteiger partial charge in [-0.15, -0.1) is 0 Å². The van der Waals surface area contributed by atoms with E-state index in [2.05, 4.69) is 29.2 Å². The predicted octanol–water partition coefficient (Wildman–Crippen LogP) is 3.43. The SMILES string of the molecule is O=C(C1CCN(S(=O)(=O)c2ccc3c(c2)CCC3)CC1)N1CCN(C/C=C/c2ccccc2)CC1. The van der Waals surface area contributed by atoms with Gasteiger partial charge in [0.25, 0.3) is 0 Å². The van der Waals surface area contributed by atoms with Gasteiger partial charge in [-0.3, -0.25) is 9.69 Å². The average molecular weight is 494 g/mol. The standard InChI is InChI=1S/C28H35N3O3S/c32-28(30-20-18-29(19-21-30)15-5-8-23-6-2-1-3-7-23)25-13-16-31(17-14-25)35(33,34)27-12-11-24-9-4-10-26(24)22-27/h1-3,5-8,11-12,22,25H,4,9-10,13-21H2/b8-5+. The van der Waals surface area contributed by atoms with Gasteiger partial charge in [0.05, 0.1) is 4.90 Å². The number of fused-ring (bicyclic) bond motifs is 1. The van der Waals surface area contributed by atoms with Gasteiger partial charge in [-0.25, -0.2) is 8.42 Å². The molecule has 2 saturated heterocycles. The van der Waals surface area contributed by atoms with Crippen LogP contribution in [0.2, 0.25) is 0 Å². The summed E-state index contributed by atoms with van der Waals surface area (Å²) in [6.07, 6.45) is 8.64. The molecule has 6 nitrogen and oxygen atoms in total. The number of rotatable bonds is 6. The van der Waals surface area contributed by atoms with Crippen molar-refractivity contribution in [3.8, 4) is 0 Å². The summed E-state index contributed by atoms with van der Waals surface area (Å²) in [5, 5.41) is 0. The maximum atomic E-state index is 13.2. The van der Waals surface area contributed by atoms with E-state index in [0.29, 0.717) is 30.8 Å². The van der Waals surface area contributed by atoms with Crippen LogP contribution in [0.4, 0.5) is 0 Å². The van der Waals surface area contributed by atoms with Gasteiger partial charge >= 0.3 is 0 Å².